The molecule has 0 N–H and O–H groups in total. The maximum absolute atomic E-state index is 4.99. The molecule has 0 amide bonds. The Bertz CT molecular complexity index is 1260. The molecule has 2 aromatic heterocycles. The topological polar surface area (TPSA) is 17.3 Å². The number of fused-ring (bicyclic) bond motifs is 5. The van der Waals surface area contributed by atoms with Crippen LogP contribution in [0.15, 0.2) is 81.7 Å². The molecule has 0 bridgehead atoms. The zero-order valence-corrected chi connectivity index (χ0v) is 16.3. The Kier molecular flexibility index (Phi) is 3.43. The molecule has 5 rings (SSSR count). The van der Waals surface area contributed by atoms with Gasteiger partial charge in [-0.3, -0.25) is 4.40 Å². The summed E-state index contributed by atoms with van der Waals surface area (Å²) in [6, 6.07) is 25.0. The van der Waals surface area contributed by atoms with Crippen LogP contribution in [0.5, 0.6) is 0 Å². The summed E-state index contributed by atoms with van der Waals surface area (Å²) in [4.78, 5) is 4.99. The third-order valence-corrected chi connectivity index (χ3v) is 5.79. The van der Waals surface area contributed by atoms with E-state index in [0.717, 1.165) is 42.3 Å². The van der Waals surface area contributed by atoms with Gasteiger partial charge < -0.3 is 0 Å². The van der Waals surface area contributed by atoms with E-state index >= 15 is 0 Å². The van der Waals surface area contributed by atoms with E-state index < -0.39 is 0 Å². The number of halogens is 2. The van der Waals surface area contributed by atoms with Crippen molar-refractivity contribution in [3.8, 4) is 11.4 Å². The molecule has 120 valence electrons. The van der Waals surface area contributed by atoms with Crippen molar-refractivity contribution in [1.29, 1.82) is 0 Å². The molecule has 0 saturated heterocycles. The first-order chi connectivity index (χ1) is 12.2. The van der Waals surface area contributed by atoms with E-state index in [0.29, 0.717) is 0 Å². The van der Waals surface area contributed by atoms with Gasteiger partial charge in [0, 0.05) is 20.8 Å². The van der Waals surface area contributed by atoms with Crippen molar-refractivity contribution in [2.75, 3.05) is 0 Å². The largest absolute Gasteiger partial charge is 0.292 e. The molecule has 0 aliphatic rings. The van der Waals surface area contributed by atoms with Crippen molar-refractivity contribution in [2.24, 2.45) is 0 Å². The van der Waals surface area contributed by atoms with E-state index in [1.807, 2.05) is 12.1 Å². The molecule has 2 heterocycles. The number of para-hydroxylation sites is 1. The van der Waals surface area contributed by atoms with Crippen LogP contribution in [0, 0.1) is 0 Å². The Morgan fingerprint density at radius 3 is 2.36 bits per heavy atom. The van der Waals surface area contributed by atoms with E-state index in [1.165, 1.54) is 5.39 Å². The number of benzene rings is 3. The molecule has 2 nitrogen and oxygen atoms in total. The fourth-order valence-electron chi connectivity index (χ4n) is 3.40. The van der Waals surface area contributed by atoms with Gasteiger partial charge in [-0.25, -0.2) is 4.98 Å². The van der Waals surface area contributed by atoms with Crippen LogP contribution in [0.3, 0.4) is 0 Å². The molecule has 0 spiro atoms. The fourth-order valence-corrected chi connectivity index (χ4v) is 4.47. The molecule has 0 unspecified atom stereocenters. The van der Waals surface area contributed by atoms with Gasteiger partial charge in [0.05, 0.1) is 21.0 Å². The minimum absolute atomic E-state index is 0.951. The molecule has 0 saturated carbocycles. The van der Waals surface area contributed by atoms with Crippen molar-refractivity contribution in [3.63, 3.8) is 0 Å². The number of hydrogen-bond donors (Lipinski definition) is 0. The van der Waals surface area contributed by atoms with Crippen LogP contribution in [0.2, 0.25) is 0 Å². The van der Waals surface area contributed by atoms with E-state index in [9.17, 15) is 0 Å². The Morgan fingerprint density at radius 2 is 1.52 bits per heavy atom. The molecule has 5 aromatic rings. The van der Waals surface area contributed by atoms with Crippen LogP contribution >= 0.6 is 31.9 Å². The summed E-state index contributed by atoms with van der Waals surface area (Å²) in [6.07, 6.45) is 0. The Hall–Kier alpha value is -2.17. The highest BCUT2D eigenvalue weighted by molar-refractivity contribution is 9.11. The predicted molar refractivity (Wildman–Crippen MR) is 111 cm³/mol. The molecular formula is C21H12Br2N2. The lowest BCUT2D eigenvalue weighted by atomic mass is 10.1. The highest BCUT2D eigenvalue weighted by atomic mass is 79.9. The second-order valence-electron chi connectivity index (χ2n) is 5.98. The molecular weight excluding hydrogens is 440 g/mol. The summed E-state index contributed by atoms with van der Waals surface area (Å²) in [6.45, 7) is 0. The maximum atomic E-state index is 4.99. The first-order valence-corrected chi connectivity index (χ1v) is 9.56. The summed E-state index contributed by atoms with van der Waals surface area (Å²) in [7, 11) is 0. The van der Waals surface area contributed by atoms with Gasteiger partial charge >= 0.3 is 0 Å². The normalized spacial score (nSPS) is 11.6. The van der Waals surface area contributed by atoms with Crippen LogP contribution in [-0.4, -0.2) is 9.38 Å². The second kappa shape index (κ2) is 5.68. The zero-order valence-electron chi connectivity index (χ0n) is 13.1. The minimum atomic E-state index is 0.951. The first kappa shape index (κ1) is 15.1. The van der Waals surface area contributed by atoms with Gasteiger partial charge in [-0.2, -0.15) is 0 Å². The number of rotatable bonds is 1. The molecule has 0 radical (unpaired) electrons. The summed E-state index contributed by atoms with van der Waals surface area (Å²) in [5.41, 5.74) is 4.39. The molecule has 25 heavy (non-hydrogen) atoms. The number of hydrogen-bond acceptors (Lipinski definition) is 1. The Balaban J connectivity index is 2.09. The summed E-state index contributed by atoms with van der Waals surface area (Å²) < 4.78 is 4.42. The SMILES string of the molecule is Brc1ccc2c(c1)c(Br)c1c3ccccc3nc(-c3ccccc3)n21. The molecule has 3 aromatic carbocycles. The quantitative estimate of drug-likeness (QED) is 0.273. The summed E-state index contributed by atoms with van der Waals surface area (Å²) >= 11 is 7.44. The number of nitrogens with zero attached hydrogens (tertiary/aromatic N) is 2. The Morgan fingerprint density at radius 1 is 0.760 bits per heavy atom. The van der Waals surface area contributed by atoms with Crippen molar-refractivity contribution < 1.29 is 0 Å². The van der Waals surface area contributed by atoms with Gasteiger partial charge in [0.1, 0.15) is 5.82 Å². The average Bonchev–Trinajstić information content (AvgIpc) is 2.95. The predicted octanol–water partition coefficient (Wildman–Crippen LogP) is 6.83. The molecule has 4 heteroatoms. The van der Waals surface area contributed by atoms with E-state index in [-0.39, 0.29) is 0 Å². The van der Waals surface area contributed by atoms with Gasteiger partial charge in [-0.05, 0) is 40.2 Å². The summed E-state index contributed by atoms with van der Waals surface area (Å²) in [5, 5.41) is 2.31. The highest BCUT2D eigenvalue weighted by Crippen LogP contribution is 2.39. The van der Waals surface area contributed by atoms with Gasteiger partial charge in [-0.1, -0.05) is 64.5 Å². The van der Waals surface area contributed by atoms with Crippen LogP contribution in [0.4, 0.5) is 0 Å². The third-order valence-electron chi connectivity index (χ3n) is 4.50. The van der Waals surface area contributed by atoms with E-state index in [2.05, 4.69) is 96.9 Å². The summed E-state index contributed by atoms with van der Waals surface area (Å²) in [5.74, 6) is 0.951. The Labute approximate surface area is 161 Å². The van der Waals surface area contributed by atoms with Gasteiger partial charge in [-0.15, -0.1) is 0 Å². The van der Waals surface area contributed by atoms with Gasteiger partial charge in [0.25, 0.3) is 0 Å². The van der Waals surface area contributed by atoms with Crippen molar-refractivity contribution in [2.45, 2.75) is 0 Å². The maximum Gasteiger partial charge on any atom is 0.145 e. The molecule has 0 fully saturated rings. The lowest BCUT2D eigenvalue weighted by molar-refractivity contribution is 1.17. The van der Waals surface area contributed by atoms with Crippen LogP contribution < -0.4 is 0 Å². The smallest absolute Gasteiger partial charge is 0.145 e. The van der Waals surface area contributed by atoms with Crippen LogP contribution in [-0.2, 0) is 0 Å². The second-order valence-corrected chi connectivity index (χ2v) is 7.69. The van der Waals surface area contributed by atoms with E-state index in [4.69, 9.17) is 4.98 Å². The molecule has 0 aliphatic heterocycles. The molecule has 0 aliphatic carbocycles. The lowest BCUT2D eigenvalue weighted by Crippen LogP contribution is -1.97. The van der Waals surface area contributed by atoms with Crippen LogP contribution in [0.25, 0.3) is 38.7 Å². The number of aromatic nitrogens is 2. The fraction of sp³-hybridized carbons (Fsp3) is 0. The van der Waals surface area contributed by atoms with Crippen LogP contribution in [0.1, 0.15) is 0 Å². The average molecular weight is 452 g/mol. The third kappa shape index (κ3) is 2.25. The zero-order chi connectivity index (χ0) is 17.0. The van der Waals surface area contributed by atoms with Gasteiger partial charge in [0.15, 0.2) is 0 Å². The van der Waals surface area contributed by atoms with E-state index in [1.54, 1.807) is 0 Å². The first-order valence-electron chi connectivity index (χ1n) is 7.97. The van der Waals surface area contributed by atoms with Gasteiger partial charge in [0.2, 0.25) is 0 Å². The van der Waals surface area contributed by atoms with Crippen molar-refractivity contribution >= 4 is 59.2 Å². The highest BCUT2D eigenvalue weighted by Gasteiger charge is 2.18. The van der Waals surface area contributed by atoms with Crippen molar-refractivity contribution in [1.82, 2.24) is 9.38 Å². The van der Waals surface area contributed by atoms with Crippen molar-refractivity contribution in [3.05, 3.63) is 81.7 Å². The standard InChI is InChI=1S/C21H12Br2N2/c22-14-10-11-18-16(12-14)19(23)20-15-8-4-5-9-17(15)24-21(25(18)20)13-6-2-1-3-7-13/h1-12H. The lowest BCUT2D eigenvalue weighted by Gasteiger charge is -2.10. The minimum Gasteiger partial charge on any atom is -0.292 e. The monoisotopic (exact) mass is 450 g/mol. The molecule has 0 atom stereocenters.